The van der Waals surface area contributed by atoms with Gasteiger partial charge < -0.3 is 5.32 Å². The first-order valence-corrected chi connectivity index (χ1v) is 9.78. The van der Waals surface area contributed by atoms with Gasteiger partial charge in [0, 0.05) is 12.1 Å². The highest BCUT2D eigenvalue weighted by atomic mass is 15.4. The van der Waals surface area contributed by atoms with Crippen molar-refractivity contribution in [3.05, 3.63) is 40.6 Å². The maximum Gasteiger partial charge on any atom is 0.133 e. The first-order valence-electron chi connectivity index (χ1n) is 9.78. The number of piperidine rings is 1. The number of anilines is 1. The molecule has 2 aliphatic heterocycles. The predicted octanol–water partition coefficient (Wildman–Crippen LogP) is 4.39. The number of benzene rings is 1. The summed E-state index contributed by atoms with van der Waals surface area (Å²) in [5.74, 6) is 1.23. The molecule has 1 N–H and O–H groups in total. The number of hydrogen-bond acceptors (Lipinski definition) is 3. The summed E-state index contributed by atoms with van der Waals surface area (Å²) in [4.78, 5) is 2.50. The summed E-state index contributed by atoms with van der Waals surface area (Å²) >= 11 is 0. The first-order chi connectivity index (χ1) is 12.1. The zero-order valence-electron chi connectivity index (χ0n) is 15.8. The number of fused-ring (bicyclic) bond motifs is 1. The van der Waals surface area contributed by atoms with Gasteiger partial charge in [0.1, 0.15) is 5.82 Å². The number of rotatable bonds is 2. The number of nitrogens with zero attached hydrogens (tertiary/aromatic N) is 3. The second-order valence-corrected chi connectivity index (χ2v) is 7.77. The van der Waals surface area contributed by atoms with E-state index in [9.17, 15) is 0 Å². The third-order valence-corrected chi connectivity index (χ3v) is 5.98. The topological polar surface area (TPSA) is 33.1 Å². The molecule has 3 heterocycles. The number of aryl methyl sites for hydroxylation is 2. The molecule has 1 atom stereocenters. The summed E-state index contributed by atoms with van der Waals surface area (Å²) in [6, 6.07) is 7.15. The Morgan fingerprint density at radius 3 is 2.76 bits per heavy atom. The molecule has 2 aliphatic rings. The maximum absolute atomic E-state index is 5.16. The van der Waals surface area contributed by atoms with Crippen molar-refractivity contribution in [2.24, 2.45) is 0 Å². The Balaban J connectivity index is 1.82. The third-order valence-electron chi connectivity index (χ3n) is 5.98. The molecular formula is C21H30N4. The van der Waals surface area contributed by atoms with Crippen LogP contribution in [0.2, 0.25) is 0 Å². The smallest absolute Gasteiger partial charge is 0.133 e. The molecule has 1 fully saturated rings. The summed E-state index contributed by atoms with van der Waals surface area (Å²) in [5.41, 5.74) is 6.60. The second-order valence-electron chi connectivity index (χ2n) is 7.77. The van der Waals surface area contributed by atoms with E-state index < -0.39 is 0 Å². The lowest BCUT2D eigenvalue weighted by molar-refractivity contribution is 0.182. The van der Waals surface area contributed by atoms with Crippen LogP contribution >= 0.6 is 0 Å². The summed E-state index contributed by atoms with van der Waals surface area (Å²) in [7, 11) is 2.26. The molecule has 2 aromatic rings. The number of nitrogens with one attached hydrogen (secondary N) is 1. The van der Waals surface area contributed by atoms with Gasteiger partial charge in [-0.15, -0.1) is 0 Å². The minimum absolute atomic E-state index is 0.468. The van der Waals surface area contributed by atoms with Crippen LogP contribution in [0.25, 0.3) is 5.69 Å². The Morgan fingerprint density at radius 1 is 1.08 bits per heavy atom. The van der Waals surface area contributed by atoms with Crippen LogP contribution < -0.4 is 5.32 Å². The average Bonchev–Trinajstić information content (AvgIpc) is 2.79. The van der Waals surface area contributed by atoms with Crippen LogP contribution in [0.3, 0.4) is 0 Å². The lowest BCUT2D eigenvalue weighted by Gasteiger charge is -2.31. The van der Waals surface area contributed by atoms with Crippen molar-refractivity contribution in [2.45, 2.75) is 58.4 Å². The lowest BCUT2D eigenvalue weighted by Crippen LogP contribution is -2.30. The standard InChI is InChI=1S/C21H30N4/c1-15-10-11-17(14-16(15)2)25-21-18(8-4-6-12-22-21)20(23-25)19-9-5-7-13-24(19)3/h10-11,14,19,22H,4-9,12-13H2,1-3H3. The largest absolute Gasteiger partial charge is 0.370 e. The van der Waals surface area contributed by atoms with Gasteiger partial charge in [-0.25, -0.2) is 4.68 Å². The SMILES string of the molecule is Cc1ccc(-n2nc(C3CCCCN3C)c3c2NCCCC3)cc1C. The second kappa shape index (κ2) is 6.83. The van der Waals surface area contributed by atoms with Crippen LogP contribution in [0.4, 0.5) is 5.82 Å². The molecule has 1 unspecified atom stereocenters. The van der Waals surface area contributed by atoms with E-state index in [2.05, 4.69) is 54.0 Å². The molecule has 4 nitrogen and oxygen atoms in total. The Labute approximate surface area is 151 Å². The Bertz CT molecular complexity index is 761. The fourth-order valence-corrected chi connectivity index (χ4v) is 4.26. The quantitative estimate of drug-likeness (QED) is 0.881. The van der Waals surface area contributed by atoms with E-state index in [0.29, 0.717) is 6.04 Å². The molecule has 134 valence electrons. The van der Waals surface area contributed by atoms with Crippen molar-refractivity contribution in [1.82, 2.24) is 14.7 Å². The van der Waals surface area contributed by atoms with Gasteiger partial charge in [-0.1, -0.05) is 12.5 Å². The molecule has 0 spiro atoms. The number of aromatic nitrogens is 2. The van der Waals surface area contributed by atoms with E-state index in [1.54, 1.807) is 0 Å². The number of hydrogen-bond donors (Lipinski definition) is 1. The van der Waals surface area contributed by atoms with Gasteiger partial charge in [0.05, 0.1) is 17.4 Å². The van der Waals surface area contributed by atoms with Gasteiger partial charge in [-0.3, -0.25) is 4.90 Å². The maximum atomic E-state index is 5.16. The van der Waals surface area contributed by atoms with Crippen LogP contribution in [-0.4, -0.2) is 34.8 Å². The van der Waals surface area contributed by atoms with Gasteiger partial charge in [-0.2, -0.15) is 5.10 Å². The molecule has 4 rings (SSSR count). The molecule has 1 aromatic carbocycles. The molecule has 1 aromatic heterocycles. The molecule has 0 saturated carbocycles. The van der Waals surface area contributed by atoms with Crippen LogP contribution in [0.15, 0.2) is 18.2 Å². The van der Waals surface area contributed by atoms with E-state index in [-0.39, 0.29) is 0 Å². The Morgan fingerprint density at radius 2 is 1.96 bits per heavy atom. The van der Waals surface area contributed by atoms with Gasteiger partial charge in [-0.05, 0) is 82.8 Å². The third kappa shape index (κ3) is 3.08. The lowest BCUT2D eigenvalue weighted by atomic mass is 9.96. The fraction of sp³-hybridized carbons (Fsp3) is 0.571. The molecule has 25 heavy (non-hydrogen) atoms. The van der Waals surface area contributed by atoms with Gasteiger partial charge in [0.2, 0.25) is 0 Å². The Kier molecular flexibility index (Phi) is 4.55. The highest BCUT2D eigenvalue weighted by Gasteiger charge is 2.29. The summed E-state index contributed by atoms with van der Waals surface area (Å²) in [6.07, 6.45) is 7.49. The summed E-state index contributed by atoms with van der Waals surface area (Å²) in [6.45, 7) is 6.58. The van der Waals surface area contributed by atoms with Crippen LogP contribution in [0, 0.1) is 13.8 Å². The van der Waals surface area contributed by atoms with E-state index >= 15 is 0 Å². The van der Waals surface area contributed by atoms with Crippen LogP contribution in [0.5, 0.6) is 0 Å². The normalized spacial score (nSPS) is 21.5. The van der Waals surface area contributed by atoms with E-state index in [0.717, 1.165) is 13.0 Å². The molecule has 4 heteroatoms. The zero-order valence-corrected chi connectivity index (χ0v) is 15.8. The van der Waals surface area contributed by atoms with Crippen molar-refractivity contribution in [2.75, 3.05) is 25.5 Å². The minimum atomic E-state index is 0.468. The summed E-state index contributed by atoms with van der Waals surface area (Å²) in [5, 5.41) is 8.84. The molecule has 0 amide bonds. The van der Waals surface area contributed by atoms with E-state index in [1.165, 1.54) is 72.5 Å². The molecular weight excluding hydrogens is 308 g/mol. The van der Waals surface area contributed by atoms with E-state index in [4.69, 9.17) is 5.10 Å². The highest BCUT2D eigenvalue weighted by Crippen LogP contribution is 2.37. The van der Waals surface area contributed by atoms with Gasteiger partial charge >= 0.3 is 0 Å². The molecule has 0 radical (unpaired) electrons. The monoisotopic (exact) mass is 338 g/mol. The zero-order chi connectivity index (χ0) is 17.4. The average molecular weight is 338 g/mol. The molecule has 0 bridgehead atoms. The van der Waals surface area contributed by atoms with Crippen molar-refractivity contribution >= 4 is 5.82 Å². The van der Waals surface area contributed by atoms with Gasteiger partial charge in [0.15, 0.2) is 0 Å². The molecule has 0 aliphatic carbocycles. The Hall–Kier alpha value is -1.81. The van der Waals surface area contributed by atoms with Crippen molar-refractivity contribution < 1.29 is 0 Å². The number of likely N-dealkylation sites (tertiary alicyclic amines) is 1. The van der Waals surface area contributed by atoms with E-state index in [1.807, 2.05) is 0 Å². The fourth-order valence-electron chi connectivity index (χ4n) is 4.26. The van der Waals surface area contributed by atoms with Gasteiger partial charge in [0.25, 0.3) is 0 Å². The van der Waals surface area contributed by atoms with Crippen molar-refractivity contribution in [1.29, 1.82) is 0 Å². The first kappa shape index (κ1) is 16.6. The summed E-state index contributed by atoms with van der Waals surface area (Å²) < 4.78 is 2.17. The van der Waals surface area contributed by atoms with Crippen molar-refractivity contribution in [3.8, 4) is 5.69 Å². The predicted molar refractivity (Wildman–Crippen MR) is 104 cm³/mol. The molecule has 1 saturated heterocycles. The highest BCUT2D eigenvalue weighted by molar-refractivity contribution is 5.55. The van der Waals surface area contributed by atoms with Crippen LogP contribution in [0.1, 0.15) is 60.5 Å². The minimum Gasteiger partial charge on any atom is -0.370 e. The van der Waals surface area contributed by atoms with Crippen molar-refractivity contribution in [3.63, 3.8) is 0 Å². The van der Waals surface area contributed by atoms with Crippen LogP contribution in [-0.2, 0) is 6.42 Å².